The fourth-order valence-corrected chi connectivity index (χ4v) is 4.75. The van der Waals surface area contributed by atoms with E-state index in [0.29, 0.717) is 22.4 Å². The standard InChI is InChI=1S/C19H23N3O5S2/c1-12(2)20-22-11-15-8-14(10-17(28(3,24)25)18(15)19(22)23)13-6-5-7-16(9-13)21-29(4,26)27/h5-10,12,20-21H,11H2,1-4H3. The van der Waals surface area contributed by atoms with Crippen LogP contribution < -0.4 is 10.1 Å². The molecular formula is C19H23N3O5S2. The number of nitrogens with zero attached hydrogens (tertiary/aromatic N) is 1. The minimum absolute atomic E-state index is 0.00756. The van der Waals surface area contributed by atoms with E-state index in [1.54, 1.807) is 30.3 Å². The van der Waals surface area contributed by atoms with Crippen molar-refractivity contribution in [1.29, 1.82) is 0 Å². The SMILES string of the molecule is CC(C)NN1Cc2cc(-c3cccc(NS(C)(=O)=O)c3)cc(S(C)(=O)=O)c2C1=O. The summed E-state index contributed by atoms with van der Waals surface area (Å²) in [6.45, 7) is 4.02. The fourth-order valence-electron chi connectivity index (χ4n) is 3.27. The van der Waals surface area contributed by atoms with E-state index < -0.39 is 19.9 Å². The maximum Gasteiger partial charge on any atom is 0.269 e. The third kappa shape index (κ3) is 4.77. The van der Waals surface area contributed by atoms with Crippen LogP contribution in [0.5, 0.6) is 0 Å². The lowest BCUT2D eigenvalue weighted by Crippen LogP contribution is -2.42. The highest BCUT2D eigenvalue weighted by atomic mass is 32.2. The van der Waals surface area contributed by atoms with Gasteiger partial charge in [-0.2, -0.15) is 0 Å². The number of hydrogen-bond donors (Lipinski definition) is 2. The van der Waals surface area contributed by atoms with E-state index in [4.69, 9.17) is 0 Å². The zero-order valence-corrected chi connectivity index (χ0v) is 18.2. The van der Waals surface area contributed by atoms with Gasteiger partial charge >= 0.3 is 0 Å². The van der Waals surface area contributed by atoms with Gasteiger partial charge < -0.3 is 0 Å². The molecule has 0 saturated carbocycles. The summed E-state index contributed by atoms with van der Waals surface area (Å²) >= 11 is 0. The largest absolute Gasteiger partial charge is 0.284 e. The Hall–Kier alpha value is -2.43. The van der Waals surface area contributed by atoms with Crippen LogP contribution in [0.15, 0.2) is 41.3 Å². The molecule has 0 aromatic heterocycles. The molecule has 1 heterocycles. The van der Waals surface area contributed by atoms with Gasteiger partial charge in [0.15, 0.2) is 9.84 Å². The van der Waals surface area contributed by atoms with E-state index in [-0.39, 0.29) is 29.0 Å². The smallest absolute Gasteiger partial charge is 0.269 e. The number of hydrogen-bond acceptors (Lipinski definition) is 6. The molecule has 0 atom stereocenters. The zero-order valence-electron chi connectivity index (χ0n) is 16.6. The topological polar surface area (TPSA) is 113 Å². The van der Waals surface area contributed by atoms with Crippen molar-refractivity contribution >= 4 is 31.5 Å². The minimum Gasteiger partial charge on any atom is -0.284 e. The van der Waals surface area contributed by atoms with Gasteiger partial charge in [-0.15, -0.1) is 0 Å². The molecular weight excluding hydrogens is 414 g/mol. The summed E-state index contributed by atoms with van der Waals surface area (Å²) < 4.78 is 50.3. The van der Waals surface area contributed by atoms with Crippen LogP contribution in [0.4, 0.5) is 5.69 Å². The number of carbonyl (C=O) groups is 1. The van der Waals surface area contributed by atoms with Crippen molar-refractivity contribution in [3.63, 3.8) is 0 Å². The molecule has 0 saturated heterocycles. The molecule has 0 unspecified atom stereocenters. The summed E-state index contributed by atoms with van der Waals surface area (Å²) in [6, 6.07) is 9.89. The number of nitrogens with one attached hydrogen (secondary N) is 2. The van der Waals surface area contributed by atoms with Crippen molar-refractivity contribution < 1.29 is 21.6 Å². The van der Waals surface area contributed by atoms with Gasteiger partial charge in [0, 0.05) is 18.0 Å². The summed E-state index contributed by atoms with van der Waals surface area (Å²) in [5, 5.41) is 1.41. The Balaban J connectivity index is 2.13. The van der Waals surface area contributed by atoms with E-state index >= 15 is 0 Å². The summed E-state index contributed by atoms with van der Waals surface area (Å²) in [7, 11) is -7.12. The lowest BCUT2D eigenvalue weighted by Gasteiger charge is -2.19. The van der Waals surface area contributed by atoms with Crippen LogP contribution in [0.3, 0.4) is 0 Å². The molecule has 3 rings (SSSR count). The first kappa shape index (κ1) is 21.3. The Bertz CT molecular complexity index is 1190. The first-order chi connectivity index (χ1) is 13.3. The van der Waals surface area contributed by atoms with Gasteiger partial charge in [-0.3, -0.25) is 14.5 Å². The molecule has 156 valence electrons. The number of carbonyl (C=O) groups excluding carboxylic acids is 1. The highest BCUT2D eigenvalue weighted by Crippen LogP contribution is 2.34. The third-order valence-electron chi connectivity index (χ3n) is 4.28. The Morgan fingerprint density at radius 3 is 2.28 bits per heavy atom. The molecule has 0 spiro atoms. The predicted molar refractivity (Wildman–Crippen MR) is 112 cm³/mol. The van der Waals surface area contributed by atoms with Gasteiger partial charge in [-0.25, -0.2) is 22.3 Å². The summed E-state index contributed by atoms with van der Waals surface area (Å²) in [5.41, 5.74) is 5.38. The van der Waals surface area contributed by atoms with Crippen LogP contribution in [-0.4, -0.2) is 46.3 Å². The summed E-state index contributed by atoms with van der Waals surface area (Å²) in [6.07, 6.45) is 2.12. The lowest BCUT2D eigenvalue weighted by atomic mass is 10.00. The molecule has 2 N–H and O–H groups in total. The highest BCUT2D eigenvalue weighted by Gasteiger charge is 2.34. The quantitative estimate of drug-likeness (QED) is 0.715. The molecule has 8 nitrogen and oxygen atoms in total. The van der Waals surface area contributed by atoms with E-state index in [2.05, 4.69) is 10.1 Å². The Kier molecular flexibility index (Phi) is 5.46. The first-order valence-corrected chi connectivity index (χ1v) is 12.7. The molecule has 2 aromatic carbocycles. The van der Waals surface area contributed by atoms with Gasteiger partial charge in [-0.1, -0.05) is 12.1 Å². The van der Waals surface area contributed by atoms with Crippen LogP contribution in [0.25, 0.3) is 11.1 Å². The Labute approximate surface area is 170 Å². The van der Waals surface area contributed by atoms with Crippen LogP contribution in [0.1, 0.15) is 29.8 Å². The van der Waals surface area contributed by atoms with Gasteiger partial charge in [-0.05, 0) is 54.8 Å². The molecule has 0 fully saturated rings. The maximum absolute atomic E-state index is 12.8. The van der Waals surface area contributed by atoms with Crippen molar-refractivity contribution in [2.24, 2.45) is 0 Å². The lowest BCUT2D eigenvalue weighted by molar-refractivity contribution is 0.0655. The summed E-state index contributed by atoms with van der Waals surface area (Å²) in [5.74, 6) is -0.381. The number of benzene rings is 2. The van der Waals surface area contributed by atoms with Gasteiger partial charge in [0.25, 0.3) is 5.91 Å². The van der Waals surface area contributed by atoms with Crippen LogP contribution in [0, 0.1) is 0 Å². The molecule has 1 aliphatic heterocycles. The molecule has 1 amide bonds. The Morgan fingerprint density at radius 1 is 1.00 bits per heavy atom. The number of fused-ring (bicyclic) bond motifs is 1. The van der Waals surface area contributed by atoms with Crippen molar-refractivity contribution in [1.82, 2.24) is 10.4 Å². The zero-order chi connectivity index (χ0) is 21.6. The van der Waals surface area contributed by atoms with Crippen molar-refractivity contribution in [2.75, 3.05) is 17.2 Å². The highest BCUT2D eigenvalue weighted by molar-refractivity contribution is 7.92. The summed E-state index contributed by atoms with van der Waals surface area (Å²) in [4.78, 5) is 12.7. The van der Waals surface area contributed by atoms with Crippen LogP contribution >= 0.6 is 0 Å². The van der Waals surface area contributed by atoms with E-state index in [1.807, 2.05) is 13.8 Å². The van der Waals surface area contributed by atoms with Gasteiger partial charge in [0.05, 0.1) is 23.3 Å². The number of sulfone groups is 1. The number of anilines is 1. The molecule has 0 radical (unpaired) electrons. The Morgan fingerprint density at radius 2 is 1.69 bits per heavy atom. The normalized spacial score (nSPS) is 14.4. The van der Waals surface area contributed by atoms with Gasteiger partial charge in [0.2, 0.25) is 10.0 Å². The first-order valence-electron chi connectivity index (χ1n) is 8.88. The monoisotopic (exact) mass is 437 g/mol. The van der Waals surface area contributed by atoms with Crippen LogP contribution in [-0.2, 0) is 26.4 Å². The average Bonchev–Trinajstić information content (AvgIpc) is 2.87. The second-order valence-corrected chi connectivity index (χ2v) is 11.1. The predicted octanol–water partition coefficient (Wildman–Crippen LogP) is 2.00. The van der Waals surface area contributed by atoms with Crippen LogP contribution in [0.2, 0.25) is 0 Å². The minimum atomic E-state index is -3.67. The number of rotatable bonds is 6. The van der Waals surface area contributed by atoms with E-state index in [1.165, 1.54) is 11.1 Å². The molecule has 0 bridgehead atoms. The van der Waals surface area contributed by atoms with Crippen molar-refractivity contribution in [3.8, 4) is 11.1 Å². The van der Waals surface area contributed by atoms with Crippen molar-refractivity contribution in [3.05, 3.63) is 47.5 Å². The number of amides is 1. The number of hydrazine groups is 1. The van der Waals surface area contributed by atoms with Crippen molar-refractivity contribution in [2.45, 2.75) is 31.3 Å². The molecule has 0 aliphatic carbocycles. The average molecular weight is 438 g/mol. The molecule has 10 heteroatoms. The van der Waals surface area contributed by atoms with E-state index in [0.717, 1.165) is 12.5 Å². The number of sulfonamides is 1. The maximum atomic E-state index is 12.8. The second kappa shape index (κ2) is 7.43. The molecule has 2 aromatic rings. The fraction of sp³-hybridized carbons (Fsp3) is 0.316. The molecule has 29 heavy (non-hydrogen) atoms. The molecule has 1 aliphatic rings. The third-order valence-corrected chi connectivity index (χ3v) is 6.01. The second-order valence-electron chi connectivity index (χ2n) is 7.41. The van der Waals surface area contributed by atoms with Gasteiger partial charge in [0.1, 0.15) is 0 Å². The van der Waals surface area contributed by atoms with E-state index in [9.17, 15) is 21.6 Å².